The fourth-order valence-corrected chi connectivity index (χ4v) is 1.42. The zero-order chi connectivity index (χ0) is 9.68. The van der Waals surface area contributed by atoms with Gasteiger partial charge < -0.3 is 4.42 Å². The second kappa shape index (κ2) is 4.94. The van der Waals surface area contributed by atoms with E-state index in [1.165, 1.54) is 6.26 Å². The molecule has 0 fully saturated rings. The smallest absolute Gasteiger partial charge is 0.268 e. The zero-order valence-electron chi connectivity index (χ0n) is 7.37. The lowest BCUT2D eigenvalue weighted by Crippen LogP contribution is -2.29. The van der Waals surface area contributed by atoms with Gasteiger partial charge in [0.15, 0.2) is 0 Å². The molecule has 0 bridgehead atoms. The topological polar surface area (TPSA) is 68.3 Å². The van der Waals surface area contributed by atoms with E-state index in [2.05, 4.69) is 6.92 Å². The quantitative estimate of drug-likeness (QED) is 0.434. The summed E-state index contributed by atoms with van der Waals surface area (Å²) in [6, 6.07) is 1.70. The van der Waals surface area contributed by atoms with Crippen LogP contribution in [-0.4, -0.2) is 11.7 Å². The number of rotatable bonds is 4. The molecule has 1 heterocycles. The van der Waals surface area contributed by atoms with Gasteiger partial charge in [-0.25, -0.2) is 5.84 Å². The first-order chi connectivity index (χ1) is 6.27. The van der Waals surface area contributed by atoms with Gasteiger partial charge in [0.1, 0.15) is 12.0 Å². The molecule has 1 amide bonds. The Balaban J connectivity index is 2.58. The van der Waals surface area contributed by atoms with Crippen LogP contribution in [0.4, 0.5) is 0 Å². The van der Waals surface area contributed by atoms with Crippen LogP contribution in [0.25, 0.3) is 0 Å². The highest BCUT2D eigenvalue weighted by molar-refractivity contribution is 7.98. The minimum Gasteiger partial charge on any atom is -0.468 e. The van der Waals surface area contributed by atoms with Crippen molar-refractivity contribution in [3.05, 3.63) is 23.7 Å². The lowest BCUT2D eigenvalue weighted by atomic mass is 10.3. The second-order valence-electron chi connectivity index (χ2n) is 2.41. The van der Waals surface area contributed by atoms with Crippen molar-refractivity contribution < 1.29 is 9.21 Å². The highest BCUT2D eigenvalue weighted by Crippen LogP contribution is 2.14. The van der Waals surface area contributed by atoms with Crippen molar-refractivity contribution in [2.24, 2.45) is 5.84 Å². The molecule has 0 atom stereocenters. The predicted molar refractivity (Wildman–Crippen MR) is 52.2 cm³/mol. The van der Waals surface area contributed by atoms with E-state index in [-0.39, 0.29) is 5.91 Å². The summed E-state index contributed by atoms with van der Waals surface area (Å²) in [5.74, 6) is 7.25. The molecule has 1 aromatic rings. The Kier molecular flexibility index (Phi) is 3.85. The number of furan rings is 1. The summed E-state index contributed by atoms with van der Waals surface area (Å²) in [5.41, 5.74) is 2.51. The third kappa shape index (κ3) is 2.78. The minimum atomic E-state index is -0.323. The molecule has 5 heteroatoms. The number of nitrogens with two attached hydrogens (primary N) is 1. The average Bonchev–Trinajstić information content (AvgIpc) is 2.62. The summed E-state index contributed by atoms with van der Waals surface area (Å²) in [5, 5.41) is 0. The summed E-state index contributed by atoms with van der Waals surface area (Å²) in [6.07, 6.45) is 1.41. The maximum Gasteiger partial charge on any atom is 0.268 e. The highest BCUT2D eigenvalue weighted by atomic mass is 32.2. The summed E-state index contributed by atoms with van der Waals surface area (Å²) < 4.78 is 5.15. The average molecular weight is 200 g/mol. The number of hydrogen-bond acceptors (Lipinski definition) is 4. The number of thioether (sulfide) groups is 1. The van der Waals surface area contributed by atoms with Gasteiger partial charge in [0.05, 0.1) is 11.3 Å². The maximum atomic E-state index is 11.0. The molecule has 0 saturated heterocycles. The number of nitrogen functional groups attached to an aromatic ring is 1. The van der Waals surface area contributed by atoms with Gasteiger partial charge >= 0.3 is 0 Å². The molecule has 0 aliphatic carbocycles. The van der Waals surface area contributed by atoms with E-state index in [1.54, 1.807) is 17.8 Å². The number of carbonyl (C=O) groups is 1. The maximum absolute atomic E-state index is 11.0. The monoisotopic (exact) mass is 200 g/mol. The van der Waals surface area contributed by atoms with E-state index in [0.29, 0.717) is 5.56 Å². The lowest BCUT2D eigenvalue weighted by Gasteiger charge is -1.92. The number of hydrazine groups is 1. The third-order valence-electron chi connectivity index (χ3n) is 1.50. The molecule has 0 radical (unpaired) electrons. The number of nitrogens with one attached hydrogen (secondary N) is 1. The Labute approximate surface area is 80.8 Å². The molecule has 0 aromatic carbocycles. The van der Waals surface area contributed by atoms with Crippen molar-refractivity contribution >= 4 is 17.7 Å². The first-order valence-electron chi connectivity index (χ1n) is 3.94. The van der Waals surface area contributed by atoms with Gasteiger partial charge in [-0.05, 0) is 11.8 Å². The summed E-state index contributed by atoms with van der Waals surface area (Å²) in [4.78, 5) is 11.0. The largest absolute Gasteiger partial charge is 0.468 e. The van der Waals surface area contributed by atoms with Crippen LogP contribution in [0.5, 0.6) is 0 Å². The summed E-state index contributed by atoms with van der Waals surface area (Å²) in [7, 11) is 0. The molecule has 0 aliphatic rings. The Morgan fingerprint density at radius 2 is 2.54 bits per heavy atom. The molecule has 1 rings (SSSR count). The van der Waals surface area contributed by atoms with Crippen molar-refractivity contribution in [1.29, 1.82) is 0 Å². The molecule has 0 aliphatic heterocycles. The van der Waals surface area contributed by atoms with E-state index in [9.17, 15) is 4.79 Å². The highest BCUT2D eigenvalue weighted by Gasteiger charge is 2.07. The van der Waals surface area contributed by atoms with Gasteiger partial charge in [-0.15, -0.1) is 0 Å². The molecule has 13 heavy (non-hydrogen) atoms. The van der Waals surface area contributed by atoms with Crippen molar-refractivity contribution in [3.8, 4) is 0 Å². The van der Waals surface area contributed by atoms with Crippen LogP contribution in [0.2, 0.25) is 0 Å². The first-order valence-corrected chi connectivity index (χ1v) is 5.09. The third-order valence-corrected chi connectivity index (χ3v) is 2.39. The zero-order valence-corrected chi connectivity index (χ0v) is 8.19. The standard InChI is InChI=1S/C8H12N2O2S/c1-2-13-5-7-3-6(4-12-7)8(11)10-9/h3-4H,2,5,9H2,1H3,(H,10,11). The van der Waals surface area contributed by atoms with E-state index in [4.69, 9.17) is 10.3 Å². The molecule has 0 spiro atoms. The van der Waals surface area contributed by atoms with Crippen LogP contribution in [0.15, 0.2) is 16.7 Å². The molecule has 72 valence electrons. The molecule has 0 saturated carbocycles. The normalized spacial score (nSPS) is 10.0. The molecular weight excluding hydrogens is 188 g/mol. The van der Waals surface area contributed by atoms with Gasteiger partial charge in [0.2, 0.25) is 0 Å². The lowest BCUT2D eigenvalue weighted by molar-refractivity contribution is 0.0953. The van der Waals surface area contributed by atoms with Crippen LogP contribution >= 0.6 is 11.8 Å². The van der Waals surface area contributed by atoms with Crippen molar-refractivity contribution in [1.82, 2.24) is 5.43 Å². The van der Waals surface area contributed by atoms with Gasteiger partial charge in [0, 0.05) is 0 Å². The van der Waals surface area contributed by atoms with Crippen LogP contribution in [-0.2, 0) is 5.75 Å². The molecule has 4 nitrogen and oxygen atoms in total. The van der Waals surface area contributed by atoms with Crippen LogP contribution in [0, 0.1) is 0 Å². The van der Waals surface area contributed by atoms with Crippen molar-refractivity contribution in [3.63, 3.8) is 0 Å². The van der Waals surface area contributed by atoms with E-state index in [1.807, 2.05) is 5.43 Å². The summed E-state index contributed by atoms with van der Waals surface area (Å²) in [6.45, 7) is 2.07. The SMILES string of the molecule is CCSCc1cc(C(=O)NN)co1. The van der Waals surface area contributed by atoms with E-state index >= 15 is 0 Å². The first kappa shape index (κ1) is 10.1. The Morgan fingerprint density at radius 1 is 1.77 bits per heavy atom. The van der Waals surface area contributed by atoms with Crippen LogP contribution < -0.4 is 11.3 Å². The predicted octanol–water partition coefficient (Wildman–Crippen LogP) is 1.14. The molecule has 3 N–H and O–H groups in total. The number of amides is 1. The second-order valence-corrected chi connectivity index (χ2v) is 3.69. The molecule has 1 aromatic heterocycles. The van der Waals surface area contributed by atoms with Crippen LogP contribution in [0.3, 0.4) is 0 Å². The number of hydrogen-bond donors (Lipinski definition) is 2. The van der Waals surface area contributed by atoms with Gasteiger partial charge in [-0.1, -0.05) is 6.92 Å². The van der Waals surface area contributed by atoms with Gasteiger partial charge in [-0.2, -0.15) is 11.8 Å². The molecule has 0 unspecified atom stereocenters. The fourth-order valence-electron chi connectivity index (χ4n) is 0.861. The molecular formula is C8H12N2O2S. The Bertz CT molecular complexity index is 285. The van der Waals surface area contributed by atoms with Gasteiger partial charge in [0.25, 0.3) is 5.91 Å². The summed E-state index contributed by atoms with van der Waals surface area (Å²) >= 11 is 1.74. The van der Waals surface area contributed by atoms with E-state index in [0.717, 1.165) is 17.3 Å². The van der Waals surface area contributed by atoms with E-state index < -0.39 is 0 Å². The Morgan fingerprint density at radius 3 is 3.15 bits per heavy atom. The van der Waals surface area contributed by atoms with Crippen LogP contribution in [0.1, 0.15) is 23.0 Å². The Hall–Kier alpha value is -0.940. The minimum absolute atomic E-state index is 0.323. The van der Waals surface area contributed by atoms with Crippen molar-refractivity contribution in [2.45, 2.75) is 12.7 Å². The van der Waals surface area contributed by atoms with Gasteiger partial charge in [-0.3, -0.25) is 10.2 Å². The fraction of sp³-hybridized carbons (Fsp3) is 0.375. The number of carbonyl (C=O) groups excluding carboxylic acids is 1. The van der Waals surface area contributed by atoms with Crippen molar-refractivity contribution in [2.75, 3.05) is 5.75 Å².